The van der Waals surface area contributed by atoms with Crippen molar-refractivity contribution in [3.05, 3.63) is 95.1 Å². The van der Waals surface area contributed by atoms with Crippen molar-refractivity contribution >= 4 is 0 Å². The molecule has 0 spiro atoms. The van der Waals surface area contributed by atoms with Gasteiger partial charge in [0.25, 0.3) is 0 Å². The standard InChI is InChI=1S/C24H26O3/c1-18(2)24-22(26-16-19-9-5-3-6-10-19)13-21(15-25)14-23(24)27-17-20-11-7-4-8-12-20/h3-14,18,25H,15-17H2,1-2H3. The fourth-order valence-electron chi connectivity index (χ4n) is 3.03. The smallest absolute Gasteiger partial charge is 0.127 e. The SMILES string of the molecule is CC(C)c1c(OCc2ccccc2)cc(CO)cc1OCc1ccccc1. The lowest BCUT2D eigenvalue weighted by Crippen LogP contribution is -2.05. The van der Waals surface area contributed by atoms with Gasteiger partial charge in [0.15, 0.2) is 0 Å². The Morgan fingerprint density at radius 3 is 1.52 bits per heavy atom. The largest absolute Gasteiger partial charge is 0.488 e. The monoisotopic (exact) mass is 362 g/mol. The molecule has 0 aromatic heterocycles. The van der Waals surface area contributed by atoms with Gasteiger partial charge in [0.05, 0.1) is 6.61 Å². The first-order valence-corrected chi connectivity index (χ1v) is 9.28. The Bertz CT molecular complexity index is 778. The second-order valence-electron chi connectivity index (χ2n) is 6.87. The average molecular weight is 362 g/mol. The minimum absolute atomic E-state index is 0.0538. The van der Waals surface area contributed by atoms with E-state index < -0.39 is 0 Å². The van der Waals surface area contributed by atoms with E-state index in [1.54, 1.807) is 0 Å². The molecule has 0 bridgehead atoms. The predicted molar refractivity (Wildman–Crippen MR) is 108 cm³/mol. The maximum Gasteiger partial charge on any atom is 0.127 e. The van der Waals surface area contributed by atoms with Gasteiger partial charge in [-0.1, -0.05) is 74.5 Å². The van der Waals surface area contributed by atoms with Crippen LogP contribution in [0.25, 0.3) is 0 Å². The second kappa shape index (κ2) is 9.24. The molecule has 0 unspecified atom stereocenters. The molecule has 3 heteroatoms. The van der Waals surface area contributed by atoms with Crippen LogP contribution in [-0.2, 0) is 19.8 Å². The van der Waals surface area contributed by atoms with Crippen LogP contribution in [0.15, 0.2) is 72.8 Å². The van der Waals surface area contributed by atoms with Gasteiger partial charge in [0.1, 0.15) is 24.7 Å². The van der Waals surface area contributed by atoms with E-state index in [1.165, 1.54) is 0 Å². The number of aliphatic hydroxyl groups is 1. The average Bonchev–Trinajstić information content (AvgIpc) is 2.71. The molecule has 3 nitrogen and oxygen atoms in total. The Labute approximate surface area is 161 Å². The van der Waals surface area contributed by atoms with Crippen molar-refractivity contribution in [2.75, 3.05) is 0 Å². The van der Waals surface area contributed by atoms with Crippen LogP contribution in [0.2, 0.25) is 0 Å². The first kappa shape index (κ1) is 19.0. The van der Waals surface area contributed by atoms with E-state index >= 15 is 0 Å². The minimum atomic E-state index is -0.0538. The topological polar surface area (TPSA) is 38.7 Å². The summed E-state index contributed by atoms with van der Waals surface area (Å²) in [5.41, 5.74) is 4.02. The number of hydrogen-bond donors (Lipinski definition) is 1. The van der Waals surface area contributed by atoms with Crippen molar-refractivity contribution < 1.29 is 14.6 Å². The van der Waals surface area contributed by atoms with Crippen molar-refractivity contribution in [1.82, 2.24) is 0 Å². The first-order valence-electron chi connectivity index (χ1n) is 9.28. The third-order valence-electron chi connectivity index (χ3n) is 4.40. The van der Waals surface area contributed by atoms with Crippen molar-refractivity contribution in [3.63, 3.8) is 0 Å². The maximum absolute atomic E-state index is 9.68. The van der Waals surface area contributed by atoms with Gasteiger partial charge < -0.3 is 14.6 Å². The summed E-state index contributed by atoms with van der Waals surface area (Å²) in [5.74, 6) is 1.77. The second-order valence-corrected chi connectivity index (χ2v) is 6.87. The molecule has 0 aliphatic heterocycles. The fraction of sp³-hybridized carbons (Fsp3) is 0.250. The molecule has 3 aromatic carbocycles. The van der Waals surface area contributed by atoms with E-state index in [-0.39, 0.29) is 12.5 Å². The number of hydrogen-bond acceptors (Lipinski definition) is 3. The highest BCUT2D eigenvalue weighted by molar-refractivity contribution is 5.50. The molecule has 3 aromatic rings. The zero-order valence-electron chi connectivity index (χ0n) is 15.9. The highest BCUT2D eigenvalue weighted by Gasteiger charge is 2.17. The van der Waals surface area contributed by atoms with Gasteiger partial charge in [-0.15, -0.1) is 0 Å². The van der Waals surface area contributed by atoms with Crippen LogP contribution in [-0.4, -0.2) is 5.11 Å². The molecule has 0 heterocycles. The molecule has 0 aliphatic rings. The summed E-state index contributed by atoms with van der Waals surface area (Å²) >= 11 is 0. The molecule has 140 valence electrons. The Balaban J connectivity index is 1.86. The van der Waals surface area contributed by atoms with Crippen LogP contribution in [0.1, 0.15) is 42.0 Å². The summed E-state index contributed by atoms with van der Waals surface area (Å²) in [4.78, 5) is 0. The molecule has 0 atom stereocenters. The minimum Gasteiger partial charge on any atom is -0.488 e. The molecule has 1 N–H and O–H groups in total. The van der Waals surface area contributed by atoms with E-state index in [9.17, 15) is 5.11 Å². The Hall–Kier alpha value is -2.78. The number of rotatable bonds is 8. The maximum atomic E-state index is 9.68. The quantitative estimate of drug-likeness (QED) is 0.578. The number of ether oxygens (including phenoxy) is 2. The third-order valence-corrected chi connectivity index (χ3v) is 4.40. The molecular weight excluding hydrogens is 336 g/mol. The Kier molecular flexibility index (Phi) is 6.50. The van der Waals surface area contributed by atoms with Gasteiger partial charge in [-0.3, -0.25) is 0 Å². The van der Waals surface area contributed by atoms with Crippen LogP contribution >= 0.6 is 0 Å². The summed E-state index contributed by atoms with van der Waals surface area (Å²) in [5, 5.41) is 9.68. The first-order chi connectivity index (χ1) is 13.2. The zero-order valence-corrected chi connectivity index (χ0v) is 15.9. The molecule has 0 saturated heterocycles. The van der Waals surface area contributed by atoms with Crippen molar-refractivity contribution in [2.45, 2.75) is 39.6 Å². The van der Waals surface area contributed by atoms with Crippen LogP contribution in [0.3, 0.4) is 0 Å². The highest BCUT2D eigenvalue weighted by atomic mass is 16.5. The van der Waals surface area contributed by atoms with Gasteiger partial charge in [0, 0.05) is 5.56 Å². The summed E-state index contributed by atoms with van der Waals surface area (Å²) < 4.78 is 12.3. The predicted octanol–water partition coefficient (Wildman–Crippen LogP) is 5.46. The molecule has 3 rings (SSSR count). The number of benzene rings is 3. The number of aliphatic hydroxyl groups excluding tert-OH is 1. The molecule has 0 aliphatic carbocycles. The lowest BCUT2D eigenvalue weighted by atomic mass is 9.98. The molecular formula is C24H26O3. The van der Waals surface area contributed by atoms with E-state index in [2.05, 4.69) is 13.8 Å². The zero-order chi connectivity index (χ0) is 19.1. The van der Waals surface area contributed by atoms with E-state index in [0.29, 0.717) is 13.2 Å². The van der Waals surface area contributed by atoms with Crippen LogP contribution in [0, 0.1) is 0 Å². The third kappa shape index (κ3) is 5.11. The molecule has 0 radical (unpaired) electrons. The summed E-state index contributed by atoms with van der Waals surface area (Å²) in [6.45, 7) is 5.15. The fourth-order valence-corrected chi connectivity index (χ4v) is 3.03. The highest BCUT2D eigenvalue weighted by Crippen LogP contribution is 2.37. The lowest BCUT2D eigenvalue weighted by Gasteiger charge is -2.20. The van der Waals surface area contributed by atoms with Crippen LogP contribution < -0.4 is 9.47 Å². The molecule has 27 heavy (non-hydrogen) atoms. The Morgan fingerprint density at radius 2 is 1.15 bits per heavy atom. The normalized spacial score (nSPS) is 10.8. The summed E-state index contributed by atoms with van der Waals surface area (Å²) in [7, 11) is 0. The van der Waals surface area contributed by atoms with Gasteiger partial charge in [-0.25, -0.2) is 0 Å². The lowest BCUT2D eigenvalue weighted by molar-refractivity contribution is 0.267. The van der Waals surface area contributed by atoms with Crippen LogP contribution in [0.5, 0.6) is 11.5 Å². The van der Waals surface area contributed by atoms with Crippen molar-refractivity contribution in [1.29, 1.82) is 0 Å². The Morgan fingerprint density at radius 1 is 0.704 bits per heavy atom. The molecule has 0 amide bonds. The summed E-state index contributed by atoms with van der Waals surface area (Å²) in [6, 6.07) is 24.0. The molecule has 0 saturated carbocycles. The van der Waals surface area contributed by atoms with Crippen LogP contribution in [0.4, 0.5) is 0 Å². The summed E-state index contributed by atoms with van der Waals surface area (Å²) in [6.07, 6.45) is 0. The van der Waals surface area contributed by atoms with Gasteiger partial charge >= 0.3 is 0 Å². The van der Waals surface area contributed by atoms with Gasteiger partial charge in [0.2, 0.25) is 0 Å². The molecule has 0 fully saturated rings. The van der Waals surface area contributed by atoms with E-state index in [0.717, 1.165) is 33.8 Å². The van der Waals surface area contributed by atoms with Crippen molar-refractivity contribution in [2.24, 2.45) is 0 Å². The van der Waals surface area contributed by atoms with E-state index in [4.69, 9.17) is 9.47 Å². The van der Waals surface area contributed by atoms with Crippen molar-refractivity contribution in [3.8, 4) is 11.5 Å². The van der Waals surface area contributed by atoms with Gasteiger partial charge in [-0.05, 0) is 34.7 Å². The van der Waals surface area contributed by atoms with Gasteiger partial charge in [-0.2, -0.15) is 0 Å². The van der Waals surface area contributed by atoms with E-state index in [1.807, 2.05) is 72.8 Å².